The SMILES string of the molecule is Cn1c([C@@H](NC(=O)[C@@H]2CCCN(c3ncccn3)C2)c2ccccc2)nc2ccccc21. The van der Waals surface area contributed by atoms with E-state index in [4.69, 9.17) is 4.98 Å². The number of amides is 1. The highest BCUT2D eigenvalue weighted by Crippen LogP contribution is 2.27. The maximum Gasteiger partial charge on any atom is 0.225 e. The van der Waals surface area contributed by atoms with Gasteiger partial charge in [0.1, 0.15) is 11.9 Å². The van der Waals surface area contributed by atoms with Crippen LogP contribution in [0.1, 0.15) is 30.3 Å². The van der Waals surface area contributed by atoms with E-state index < -0.39 is 0 Å². The van der Waals surface area contributed by atoms with Crippen LogP contribution < -0.4 is 10.2 Å². The number of hydrogen-bond donors (Lipinski definition) is 1. The second-order valence-corrected chi connectivity index (χ2v) is 8.20. The van der Waals surface area contributed by atoms with Crippen molar-refractivity contribution in [2.45, 2.75) is 18.9 Å². The standard InChI is InChI=1S/C25H26N6O/c1-30-21-13-6-5-12-20(21)28-23(30)22(18-9-3-2-4-10-18)29-24(32)19-11-7-16-31(17-19)25-26-14-8-15-27-25/h2-6,8-10,12-15,19,22H,7,11,16-17H2,1H3,(H,29,32)/t19-,22+/m1/s1. The van der Waals surface area contributed by atoms with Gasteiger partial charge in [0.2, 0.25) is 11.9 Å². The summed E-state index contributed by atoms with van der Waals surface area (Å²) in [4.78, 5) is 29.1. The number of rotatable bonds is 5. The summed E-state index contributed by atoms with van der Waals surface area (Å²) in [6.07, 6.45) is 5.25. The highest BCUT2D eigenvalue weighted by Gasteiger charge is 2.30. The molecule has 0 bridgehead atoms. The summed E-state index contributed by atoms with van der Waals surface area (Å²) in [5.74, 6) is 1.41. The lowest BCUT2D eigenvalue weighted by atomic mass is 9.96. The monoisotopic (exact) mass is 426 g/mol. The van der Waals surface area contributed by atoms with E-state index in [0.717, 1.165) is 41.8 Å². The molecule has 5 rings (SSSR count). The van der Waals surface area contributed by atoms with Crippen LogP contribution in [0.5, 0.6) is 0 Å². The summed E-state index contributed by atoms with van der Waals surface area (Å²) in [6.45, 7) is 1.47. The lowest BCUT2D eigenvalue weighted by Crippen LogP contribution is -2.45. The van der Waals surface area contributed by atoms with E-state index in [0.29, 0.717) is 12.5 Å². The van der Waals surface area contributed by atoms with Crippen LogP contribution in [0.4, 0.5) is 5.95 Å². The average molecular weight is 427 g/mol. The van der Waals surface area contributed by atoms with Gasteiger partial charge in [-0.3, -0.25) is 4.79 Å². The number of piperidine rings is 1. The third kappa shape index (κ3) is 3.93. The van der Waals surface area contributed by atoms with Gasteiger partial charge < -0.3 is 14.8 Å². The lowest BCUT2D eigenvalue weighted by Gasteiger charge is -2.32. The Bertz CT molecular complexity index is 1210. The molecule has 4 aromatic rings. The highest BCUT2D eigenvalue weighted by atomic mass is 16.2. The third-order valence-electron chi connectivity index (χ3n) is 6.13. The van der Waals surface area contributed by atoms with Gasteiger partial charge in [0.05, 0.1) is 17.0 Å². The molecule has 3 heterocycles. The molecule has 0 saturated carbocycles. The molecule has 0 radical (unpaired) electrons. The number of nitrogens with zero attached hydrogens (tertiary/aromatic N) is 5. The molecule has 1 amide bonds. The quantitative estimate of drug-likeness (QED) is 0.529. The first-order valence-electron chi connectivity index (χ1n) is 11.0. The Kier molecular flexibility index (Phi) is 5.54. The number of nitrogens with one attached hydrogen (secondary N) is 1. The number of carbonyl (C=O) groups excluding carboxylic acids is 1. The van der Waals surface area contributed by atoms with Gasteiger partial charge in [0, 0.05) is 32.5 Å². The number of hydrogen-bond acceptors (Lipinski definition) is 5. The second-order valence-electron chi connectivity index (χ2n) is 8.20. The minimum Gasteiger partial charge on any atom is -0.342 e. The van der Waals surface area contributed by atoms with Crippen LogP contribution in [0, 0.1) is 5.92 Å². The molecule has 1 aliphatic heterocycles. The van der Waals surface area contributed by atoms with Crippen molar-refractivity contribution in [3.63, 3.8) is 0 Å². The number of carbonyl (C=O) groups is 1. The Morgan fingerprint density at radius 2 is 1.78 bits per heavy atom. The van der Waals surface area contributed by atoms with Gasteiger partial charge in [0.15, 0.2) is 0 Å². The number of aryl methyl sites for hydroxylation is 1. The highest BCUT2D eigenvalue weighted by molar-refractivity contribution is 5.81. The molecule has 2 aromatic carbocycles. The van der Waals surface area contributed by atoms with Crippen molar-refractivity contribution in [2.24, 2.45) is 13.0 Å². The molecule has 32 heavy (non-hydrogen) atoms. The number of aromatic nitrogens is 4. The molecule has 2 atom stereocenters. The van der Waals surface area contributed by atoms with E-state index in [-0.39, 0.29) is 17.9 Å². The molecule has 1 fully saturated rings. The molecule has 7 nitrogen and oxygen atoms in total. The van der Waals surface area contributed by atoms with Crippen LogP contribution in [0.15, 0.2) is 73.1 Å². The third-order valence-corrected chi connectivity index (χ3v) is 6.13. The van der Waals surface area contributed by atoms with Crippen LogP contribution in [0.2, 0.25) is 0 Å². The van der Waals surface area contributed by atoms with Crippen molar-refractivity contribution >= 4 is 22.9 Å². The van der Waals surface area contributed by atoms with Crippen LogP contribution in [-0.2, 0) is 11.8 Å². The van der Waals surface area contributed by atoms with Crippen molar-refractivity contribution in [1.29, 1.82) is 0 Å². The molecule has 2 aromatic heterocycles. The molecule has 1 saturated heterocycles. The summed E-state index contributed by atoms with van der Waals surface area (Å²) >= 11 is 0. The van der Waals surface area contributed by atoms with Crippen molar-refractivity contribution in [3.05, 3.63) is 84.4 Å². The summed E-state index contributed by atoms with van der Waals surface area (Å²) in [5.41, 5.74) is 2.98. The minimum atomic E-state index is -0.329. The minimum absolute atomic E-state index is 0.0338. The number of anilines is 1. The van der Waals surface area contributed by atoms with Gasteiger partial charge in [-0.05, 0) is 36.6 Å². The van der Waals surface area contributed by atoms with E-state index >= 15 is 0 Å². The molecule has 0 spiro atoms. The van der Waals surface area contributed by atoms with E-state index in [1.165, 1.54) is 0 Å². The Morgan fingerprint density at radius 1 is 1.03 bits per heavy atom. The van der Waals surface area contributed by atoms with Crippen LogP contribution in [-0.4, -0.2) is 38.5 Å². The number of fused-ring (bicyclic) bond motifs is 1. The number of para-hydroxylation sites is 2. The summed E-state index contributed by atoms with van der Waals surface area (Å²) in [5, 5.41) is 3.30. The van der Waals surface area contributed by atoms with Crippen LogP contribution in [0.3, 0.4) is 0 Å². The lowest BCUT2D eigenvalue weighted by molar-refractivity contribution is -0.125. The van der Waals surface area contributed by atoms with Gasteiger partial charge in [0.25, 0.3) is 0 Å². The first kappa shape index (κ1) is 20.2. The molecule has 0 aliphatic carbocycles. The molecule has 7 heteroatoms. The van der Waals surface area contributed by atoms with Crippen molar-refractivity contribution in [2.75, 3.05) is 18.0 Å². The Morgan fingerprint density at radius 3 is 2.56 bits per heavy atom. The fraction of sp³-hybridized carbons (Fsp3) is 0.280. The number of imidazole rings is 1. The summed E-state index contributed by atoms with van der Waals surface area (Å²) in [6, 6.07) is 19.6. The fourth-order valence-electron chi connectivity index (χ4n) is 4.45. The van der Waals surface area contributed by atoms with Crippen LogP contribution in [0.25, 0.3) is 11.0 Å². The normalized spacial score (nSPS) is 17.3. The summed E-state index contributed by atoms with van der Waals surface area (Å²) < 4.78 is 2.07. The fourth-order valence-corrected chi connectivity index (χ4v) is 4.45. The Hall–Kier alpha value is -3.74. The summed E-state index contributed by atoms with van der Waals surface area (Å²) in [7, 11) is 2.00. The van der Waals surface area contributed by atoms with E-state index in [2.05, 4.69) is 30.8 Å². The maximum absolute atomic E-state index is 13.4. The van der Waals surface area contributed by atoms with E-state index in [9.17, 15) is 4.79 Å². The Balaban J connectivity index is 1.43. The molecule has 1 aliphatic rings. The average Bonchev–Trinajstić information content (AvgIpc) is 3.20. The van der Waals surface area contributed by atoms with Gasteiger partial charge >= 0.3 is 0 Å². The van der Waals surface area contributed by atoms with Crippen LogP contribution >= 0.6 is 0 Å². The second kappa shape index (κ2) is 8.78. The van der Waals surface area contributed by atoms with E-state index in [1.54, 1.807) is 18.5 Å². The van der Waals surface area contributed by atoms with E-state index in [1.807, 2.05) is 55.6 Å². The first-order chi connectivity index (χ1) is 15.7. The smallest absolute Gasteiger partial charge is 0.225 e. The molecular weight excluding hydrogens is 400 g/mol. The largest absolute Gasteiger partial charge is 0.342 e. The molecule has 0 unspecified atom stereocenters. The zero-order valence-electron chi connectivity index (χ0n) is 18.1. The predicted molar refractivity (Wildman–Crippen MR) is 124 cm³/mol. The van der Waals surface area contributed by atoms with Gasteiger partial charge in [-0.2, -0.15) is 0 Å². The maximum atomic E-state index is 13.4. The number of benzene rings is 2. The first-order valence-corrected chi connectivity index (χ1v) is 11.0. The topological polar surface area (TPSA) is 75.9 Å². The zero-order valence-corrected chi connectivity index (χ0v) is 18.1. The van der Waals surface area contributed by atoms with Crippen molar-refractivity contribution in [1.82, 2.24) is 24.8 Å². The molecular formula is C25H26N6O. The van der Waals surface area contributed by atoms with Crippen molar-refractivity contribution < 1.29 is 4.79 Å². The van der Waals surface area contributed by atoms with Gasteiger partial charge in [-0.1, -0.05) is 42.5 Å². The van der Waals surface area contributed by atoms with Gasteiger partial charge in [-0.15, -0.1) is 0 Å². The van der Waals surface area contributed by atoms with Crippen molar-refractivity contribution in [3.8, 4) is 0 Å². The van der Waals surface area contributed by atoms with Gasteiger partial charge in [-0.25, -0.2) is 15.0 Å². The predicted octanol–water partition coefficient (Wildman–Crippen LogP) is 3.49. The molecule has 162 valence electrons. The Labute approximate surface area is 187 Å². The molecule has 1 N–H and O–H groups in total. The zero-order chi connectivity index (χ0) is 21.9.